The second kappa shape index (κ2) is 2.31. The van der Waals surface area contributed by atoms with Gasteiger partial charge in [0, 0.05) is 0 Å². The van der Waals surface area contributed by atoms with Crippen LogP contribution in [0, 0.1) is 0 Å². The first-order chi connectivity index (χ1) is 4.19. The van der Waals surface area contributed by atoms with Crippen LogP contribution < -0.4 is 0 Å². The topological polar surface area (TPSA) is 20.2 Å². The van der Waals surface area contributed by atoms with Crippen LogP contribution in [0.3, 0.4) is 0 Å². The summed E-state index contributed by atoms with van der Waals surface area (Å²) >= 11 is 5.55. The van der Waals surface area contributed by atoms with E-state index in [4.69, 9.17) is 11.6 Å². The highest BCUT2D eigenvalue weighted by molar-refractivity contribution is 6.18. The second-order valence-electron chi connectivity index (χ2n) is 2.59. The molecular formula is C7H11ClO. The molecule has 52 valence electrons. The third kappa shape index (κ3) is 1.12. The van der Waals surface area contributed by atoms with Crippen molar-refractivity contribution < 1.29 is 5.11 Å². The van der Waals surface area contributed by atoms with Crippen molar-refractivity contribution in [1.82, 2.24) is 0 Å². The quantitative estimate of drug-likeness (QED) is 0.441. The fraction of sp³-hybridized carbons (Fsp3) is 0.714. The SMILES string of the molecule is CC1=CCC[C@@]1(O)CCl. The number of allylic oxidation sites excluding steroid dienone is 1. The average Bonchev–Trinajstić information content (AvgIpc) is 2.15. The first-order valence-corrected chi connectivity index (χ1v) is 3.68. The van der Waals surface area contributed by atoms with Crippen LogP contribution in [0.1, 0.15) is 19.8 Å². The maximum atomic E-state index is 9.57. The zero-order valence-electron chi connectivity index (χ0n) is 5.52. The molecule has 0 heterocycles. The van der Waals surface area contributed by atoms with E-state index in [0.717, 1.165) is 18.4 Å². The summed E-state index contributed by atoms with van der Waals surface area (Å²) in [6, 6.07) is 0. The van der Waals surface area contributed by atoms with Crippen LogP contribution in [0.4, 0.5) is 0 Å². The molecule has 0 aliphatic heterocycles. The highest BCUT2D eigenvalue weighted by Gasteiger charge is 2.30. The maximum absolute atomic E-state index is 9.57. The largest absolute Gasteiger partial charge is 0.384 e. The Morgan fingerprint density at radius 3 is 2.78 bits per heavy atom. The lowest BCUT2D eigenvalue weighted by molar-refractivity contribution is 0.104. The van der Waals surface area contributed by atoms with Crippen LogP contribution in [0.2, 0.25) is 0 Å². The summed E-state index contributed by atoms with van der Waals surface area (Å²) in [4.78, 5) is 0. The molecule has 0 amide bonds. The normalized spacial score (nSPS) is 34.8. The van der Waals surface area contributed by atoms with Gasteiger partial charge in [0.15, 0.2) is 0 Å². The molecule has 0 spiro atoms. The van der Waals surface area contributed by atoms with Crippen molar-refractivity contribution in [2.45, 2.75) is 25.4 Å². The van der Waals surface area contributed by atoms with Crippen molar-refractivity contribution in [3.63, 3.8) is 0 Å². The molecule has 0 bridgehead atoms. The molecule has 0 aromatic heterocycles. The molecule has 0 aromatic rings. The molecule has 1 rings (SSSR count). The molecule has 2 heteroatoms. The molecule has 9 heavy (non-hydrogen) atoms. The van der Waals surface area contributed by atoms with Crippen LogP contribution >= 0.6 is 11.6 Å². The van der Waals surface area contributed by atoms with E-state index in [9.17, 15) is 5.11 Å². The Kier molecular flexibility index (Phi) is 1.83. The first-order valence-electron chi connectivity index (χ1n) is 3.14. The molecule has 0 unspecified atom stereocenters. The molecule has 0 aromatic carbocycles. The predicted octanol–water partition coefficient (Wildman–Crippen LogP) is 1.70. The van der Waals surface area contributed by atoms with Gasteiger partial charge in [0.2, 0.25) is 0 Å². The van der Waals surface area contributed by atoms with Gasteiger partial charge in [0.25, 0.3) is 0 Å². The van der Waals surface area contributed by atoms with E-state index in [1.807, 2.05) is 13.0 Å². The fourth-order valence-corrected chi connectivity index (χ4v) is 1.43. The standard InChI is InChI=1S/C7H11ClO/c1-6-3-2-4-7(6,9)5-8/h3,9H,2,4-5H2,1H3/t7-/m1/s1. The van der Waals surface area contributed by atoms with Gasteiger partial charge in [-0.1, -0.05) is 6.08 Å². The van der Waals surface area contributed by atoms with Gasteiger partial charge in [0.05, 0.1) is 11.5 Å². The van der Waals surface area contributed by atoms with E-state index in [0.29, 0.717) is 5.88 Å². The van der Waals surface area contributed by atoms with Crippen molar-refractivity contribution in [3.05, 3.63) is 11.6 Å². The minimum Gasteiger partial charge on any atom is -0.384 e. The van der Waals surface area contributed by atoms with E-state index in [2.05, 4.69) is 0 Å². The Bertz CT molecular complexity index is 142. The summed E-state index contributed by atoms with van der Waals surface area (Å²) in [6.07, 6.45) is 3.81. The van der Waals surface area contributed by atoms with Crippen molar-refractivity contribution in [2.24, 2.45) is 0 Å². The number of hydrogen-bond acceptors (Lipinski definition) is 1. The molecule has 0 radical (unpaired) electrons. The molecule has 1 N–H and O–H groups in total. The zero-order valence-corrected chi connectivity index (χ0v) is 6.28. The highest BCUT2D eigenvalue weighted by atomic mass is 35.5. The molecule has 0 saturated heterocycles. The lowest BCUT2D eigenvalue weighted by atomic mass is 10.00. The molecule has 1 atom stereocenters. The summed E-state index contributed by atoms with van der Waals surface area (Å²) in [7, 11) is 0. The van der Waals surface area contributed by atoms with Crippen LogP contribution in [0.25, 0.3) is 0 Å². The number of rotatable bonds is 1. The van der Waals surface area contributed by atoms with E-state index in [1.165, 1.54) is 0 Å². The van der Waals surface area contributed by atoms with Gasteiger partial charge in [-0.2, -0.15) is 0 Å². The molecule has 0 saturated carbocycles. The molecule has 1 nitrogen and oxygen atoms in total. The minimum absolute atomic E-state index is 0.329. The third-order valence-corrected chi connectivity index (χ3v) is 2.41. The lowest BCUT2D eigenvalue weighted by Gasteiger charge is -2.20. The molecular weight excluding hydrogens is 136 g/mol. The molecule has 0 fully saturated rings. The first kappa shape index (κ1) is 7.10. The van der Waals surface area contributed by atoms with Gasteiger partial charge in [-0.3, -0.25) is 0 Å². The minimum atomic E-state index is -0.679. The number of alkyl halides is 1. The number of aliphatic hydroxyl groups is 1. The summed E-state index contributed by atoms with van der Waals surface area (Å²) < 4.78 is 0. The van der Waals surface area contributed by atoms with Gasteiger partial charge < -0.3 is 5.11 Å². The van der Waals surface area contributed by atoms with Crippen LogP contribution in [0.15, 0.2) is 11.6 Å². The Hall–Kier alpha value is -0.0100. The van der Waals surface area contributed by atoms with Gasteiger partial charge >= 0.3 is 0 Å². The Labute approximate surface area is 60.3 Å². The highest BCUT2D eigenvalue weighted by Crippen LogP contribution is 2.30. The maximum Gasteiger partial charge on any atom is 0.0991 e. The van der Waals surface area contributed by atoms with E-state index >= 15 is 0 Å². The summed E-state index contributed by atoms with van der Waals surface area (Å²) in [5, 5.41) is 9.57. The smallest absolute Gasteiger partial charge is 0.0991 e. The molecule has 1 aliphatic rings. The second-order valence-corrected chi connectivity index (χ2v) is 2.86. The van der Waals surface area contributed by atoms with Gasteiger partial charge in [-0.05, 0) is 25.3 Å². The van der Waals surface area contributed by atoms with Gasteiger partial charge in [0.1, 0.15) is 0 Å². The number of halogens is 1. The van der Waals surface area contributed by atoms with Gasteiger partial charge in [-0.25, -0.2) is 0 Å². The monoisotopic (exact) mass is 146 g/mol. The predicted molar refractivity (Wildman–Crippen MR) is 38.7 cm³/mol. The van der Waals surface area contributed by atoms with Crippen LogP contribution in [-0.2, 0) is 0 Å². The van der Waals surface area contributed by atoms with Crippen molar-refractivity contribution >= 4 is 11.6 Å². The summed E-state index contributed by atoms with van der Waals surface area (Å²) in [5.74, 6) is 0.329. The summed E-state index contributed by atoms with van der Waals surface area (Å²) in [5.41, 5.74) is 0.346. The van der Waals surface area contributed by atoms with E-state index < -0.39 is 5.60 Å². The Morgan fingerprint density at radius 1 is 1.89 bits per heavy atom. The molecule has 1 aliphatic carbocycles. The third-order valence-electron chi connectivity index (χ3n) is 1.96. The Morgan fingerprint density at radius 2 is 2.56 bits per heavy atom. The zero-order chi connectivity index (χ0) is 6.91. The van der Waals surface area contributed by atoms with Crippen LogP contribution in [-0.4, -0.2) is 16.6 Å². The van der Waals surface area contributed by atoms with Crippen molar-refractivity contribution in [3.8, 4) is 0 Å². The average molecular weight is 147 g/mol. The summed E-state index contributed by atoms with van der Waals surface area (Å²) in [6.45, 7) is 1.93. The van der Waals surface area contributed by atoms with Crippen molar-refractivity contribution in [1.29, 1.82) is 0 Å². The van der Waals surface area contributed by atoms with Gasteiger partial charge in [-0.15, -0.1) is 11.6 Å². The van der Waals surface area contributed by atoms with E-state index in [-0.39, 0.29) is 0 Å². The lowest BCUT2D eigenvalue weighted by Crippen LogP contribution is -2.28. The van der Waals surface area contributed by atoms with Crippen molar-refractivity contribution in [2.75, 3.05) is 5.88 Å². The number of hydrogen-bond donors (Lipinski definition) is 1. The Balaban J connectivity index is 2.70. The van der Waals surface area contributed by atoms with Crippen LogP contribution in [0.5, 0.6) is 0 Å². The van der Waals surface area contributed by atoms with E-state index in [1.54, 1.807) is 0 Å². The fourth-order valence-electron chi connectivity index (χ4n) is 1.09.